The molecule has 1 aromatic carbocycles. The van der Waals surface area contributed by atoms with E-state index in [0.29, 0.717) is 42.4 Å². The maximum atomic E-state index is 13.7. The van der Waals surface area contributed by atoms with Crippen molar-refractivity contribution in [1.82, 2.24) is 20.4 Å². The number of nitrogens with two attached hydrogens (primary N) is 1. The van der Waals surface area contributed by atoms with E-state index in [0.717, 1.165) is 19.3 Å². The molecule has 2 bridgehead atoms. The Balaban J connectivity index is 0.00000294. The number of nitrogens with zero attached hydrogens (tertiary/aromatic N) is 2. The molecule has 4 unspecified atom stereocenters. The van der Waals surface area contributed by atoms with Gasteiger partial charge in [0.1, 0.15) is 11.2 Å². The van der Waals surface area contributed by atoms with E-state index in [4.69, 9.17) is 14.2 Å². The van der Waals surface area contributed by atoms with Gasteiger partial charge >= 0.3 is 5.97 Å². The summed E-state index contributed by atoms with van der Waals surface area (Å²) in [5.41, 5.74) is 3.81. The fraction of sp³-hybridized carbons (Fsp3) is 0.571. The lowest BCUT2D eigenvalue weighted by molar-refractivity contribution is -0.152. The van der Waals surface area contributed by atoms with E-state index in [1.807, 2.05) is 20.8 Å². The van der Waals surface area contributed by atoms with E-state index < -0.39 is 29.6 Å². The van der Waals surface area contributed by atoms with Crippen LogP contribution in [0.15, 0.2) is 42.6 Å². The maximum absolute atomic E-state index is 13.7. The smallest absolute Gasteiger partial charge is 0.338 e. The number of hydrogen-bond acceptors (Lipinski definition) is 9. The number of rotatable bonds is 13. The maximum Gasteiger partial charge on any atom is 0.338 e. The summed E-state index contributed by atoms with van der Waals surface area (Å²) in [7, 11) is 1.50. The first-order chi connectivity index (χ1) is 22.3. The lowest BCUT2D eigenvalue weighted by Crippen LogP contribution is -2.54. The highest BCUT2D eigenvalue weighted by atomic mass is 16.5. The van der Waals surface area contributed by atoms with Crippen LogP contribution in [0.1, 0.15) is 87.9 Å². The summed E-state index contributed by atoms with van der Waals surface area (Å²) in [6.45, 7) is 12.2. The van der Waals surface area contributed by atoms with Crippen molar-refractivity contribution in [3.05, 3.63) is 53.7 Å². The van der Waals surface area contributed by atoms with Gasteiger partial charge in [-0.05, 0) is 95.4 Å². The van der Waals surface area contributed by atoms with Gasteiger partial charge < -0.3 is 30.6 Å². The lowest BCUT2D eigenvalue weighted by Gasteiger charge is -2.50. The Bertz CT molecular complexity index is 1390. The zero-order valence-corrected chi connectivity index (χ0v) is 28.7. The highest BCUT2D eigenvalue weighted by Gasteiger charge is 2.47. The molecule has 0 saturated heterocycles. The van der Waals surface area contributed by atoms with Crippen molar-refractivity contribution in [2.24, 2.45) is 29.4 Å². The van der Waals surface area contributed by atoms with Crippen LogP contribution in [-0.4, -0.2) is 71.5 Å². The molecule has 4 rings (SSSR count). The SMILES string of the molecule is CC(C)COc1c(C(=O)NC2C(C)CC3CC2C[C@@](C)(OC=O)C3)cnn1/C=C/C(C)(C)NC(=O)COC(=O)c1ccccc1.CN. The van der Waals surface area contributed by atoms with Crippen LogP contribution in [0.3, 0.4) is 0 Å². The van der Waals surface area contributed by atoms with Crippen molar-refractivity contribution < 1.29 is 33.4 Å². The van der Waals surface area contributed by atoms with Gasteiger partial charge in [-0.1, -0.05) is 39.0 Å². The Kier molecular flexibility index (Phi) is 13.1. The molecular formula is C35H51N5O7. The first-order valence-electron chi connectivity index (χ1n) is 16.2. The van der Waals surface area contributed by atoms with Crippen molar-refractivity contribution in [3.63, 3.8) is 0 Å². The molecule has 0 radical (unpaired) electrons. The molecule has 0 spiro atoms. The molecule has 2 aliphatic rings. The van der Waals surface area contributed by atoms with Crippen LogP contribution in [0.5, 0.6) is 5.88 Å². The van der Waals surface area contributed by atoms with Crippen molar-refractivity contribution in [2.45, 2.75) is 84.4 Å². The molecule has 0 aliphatic heterocycles. The van der Waals surface area contributed by atoms with E-state index in [1.54, 1.807) is 56.5 Å². The molecule has 2 fully saturated rings. The monoisotopic (exact) mass is 653 g/mol. The van der Waals surface area contributed by atoms with Gasteiger partial charge in [-0.15, -0.1) is 0 Å². The summed E-state index contributed by atoms with van der Waals surface area (Å²) in [6.07, 6.45) is 8.32. The molecular weight excluding hydrogens is 602 g/mol. The third kappa shape index (κ3) is 10.4. The number of fused-ring (bicyclic) bond motifs is 2. The van der Waals surface area contributed by atoms with Crippen molar-refractivity contribution >= 4 is 30.5 Å². The highest BCUT2D eigenvalue weighted by molar-refractivity contribution is 5.96. The van der Waals surface area contributed by atoms with Crippen LogP contribution < -0.4 is 21.1 Å². The first kappa shape index (κ1) is 37.3. The largest absolute Gasteiger partial charge is 0.477 e. The number of ether oxygens (including phenoxy) is 3. The van der Waals surface area contributed by atoms with Crippen LogP contribution in [0.25, 0.3) is 6.20 Å². The van der Waals surface area contributed by atoms with Gasteiger partial charge in [0.2, 0.25) is 5.88 Å². The fourth-order valence-electron chi connectivity index (χ4n) is 6.62. The van der Waals surface area contributed by atoms with E-state index >= 15 is 0 Å². The van der Waals surface area contributed by atoms with Crippen molar-refractivity contribution in [3.8, 4) is 5.88 Å². The van der Waals surface area contributed by atoms with Gasteiger partial charge in [0, 0.05) is 12.2 Å². The summed E-state index contributed by atoms with van der Waals surface area (Å²) >= 11 is 0. The van der Waals surface area contributed by atoms with Gasteiger partial charge in [-0.3, -0.25) is 14.4 Å². The molecule has 47 heavy (non-hydrogen) atoms. The third-order valence-electron chi connectivity index (χ3n) is 8.49. The van der Waals surface area contributed by atoms with Crippen LogP contribution >= 0.6 is 0 Å². The van der Waals surface area contributed by atoms with Crippen LogP contribution in [-0.2, 0) is 19.1 Å². The molecule has 2 aromatic rings. The van der Waals surface area contributed by atoms with Crippen LogP contribution in [0.4, 0.5) is 0 Å². The first-order valence-corrected chi connectivity index (χ1v) is 16.2. The van der Waals surface area contributed by atoms with Gasteiger partial charge in [0.05, 0.1) is 23.9 Å². The number of aromatic nitrogens is 2. The summed E-state index contributed by atoms with van der Waals surface area (Å²) in [6, 6.07) is 8.38. The van der Waals surface area contributed by atoms with Gasteiger partial charge in [0.15, 0.2) is 6.61 Å². The zero-order chi connectivity index (χ0) is 34.8. The number of hydrogen-bond donors (Lipinski definition) is 3. The molecule has 5 atom stereocenters. The van der Waals surface area contributed by atoms with Gasteiger partial charge in [-0.2, -0.15) is 5.10 Å². The number of esters is 1. The molecule has 2 saturated carbocycles. The Morgan fingerprint density at radius 2 is 1.85 bits per heavy atom. The normalized spacial score (nSPS) is 23.7. The number of benzene rings is 1. The number of carbonyl (C=O) groups is 4. The second-order valence-corrected chi connectivity index (χ2v) is 13.7. The number of nitrogens with one attached hydrogen (secondary N) is 2. The Morgan fingerprint density at radius 1 is 1.15 bits per heavy atom. The van der Waals surface area contributed by atoms with Crippen LogP contribution in [0.2, 0.25) is 0 Å². The van der Waals surface area contributed by atoms with E-state index in [-0.39, 0.29) is 29.7 Å². The van der Waals surface area contributed by atoms with Crippen molar-refractivity contribution in [1.29, 1.82) is 0 Å². The second-order valence-electron chi connectivity index (χ2n) is 13.7. The zero-order valence-electron chi connectivity index (χ0n) is 28.7. The second kappa shape index (κ2) is 16.6. The fourth-order valence-corrected chi connectivity index (χ4v) is 6.62. The minimum atomic E-state index is -0.842. The Labute approximate surface area is 277 Å². The van der Waals surface area contributed by atoms with E-state index in [1.165, 1.54) is 17.9 Å². The average molecular weight is 654 g/mol. The molecule has 12 heteroatoms. The minimum absolute atomic E-state index is 0.0781. The molecule has 12 nitrogen and oxygen atoms in total. The van der Waals surface area contributed by atoms with E-state index in [2.05, 4.69) is 28.4 Å². The Morgan fingerprint density at radius 3 is 2.51 bits per heavy atom. The lowest BCUT2D eigenvalue weighted by atomic mass is 9.61. The molecule has 2 amide bonds. The number of carbonyl (C=O) groups excluding carboxylic acids is 4. The summed E-state index contributed by atoms with van der Waals surface area (Å²) in [5, 5.41) is 10.5. The minimum Gasteiger partial charge on any atom is -0.477 e. The third-order valence-corrected chi connectivity index (χ3v) is 8.49. The quantitative estimate of drug-likeness (QED) is 0.212. The highest BCUT2D eigenvalue weighted by Crippen LogP contribution is 2.47. The predicted molar refractivity (Wildman–Crippen MR) is 178 cm³/mol. The Hall–Kier alpha value is -4.19. The van der Waals surface area contributed by atoms with Gasteiger partial charge in [-0.25, -0.2) is 9.48 Å². The molecule has 2 aliphatic carbocycles. The summed E-state index contributed by atoms with van der Waals surface area (Å²) in [5.74, 6) is 0.0905. The topological polar surface area (TPSA) is 164 Å². The summed E-state index contributed by atoms with van der Waals surface area (Å²) in [4.78, 5) is 49.6. The van der Waals surface area contributed by atoms with E-state index in [9.17, 15) is 19.2 Å². The number of amides is 2. The average Bonchev–Trinajstić information content (AvgIpc) is 3.43. The standard InChI is InChI=1S/C34H46N4O7.CH5N/c1-22(2)19-43-31-27(30(41)36-29-23(3)14-24-15-26(29)17-34(6,16-24)45-21-39)18-35-38(31)13-12-33(4,5)37-28(40)20-44-32(42)25-10-8-7-9-11-25;1-2/h7-13,18,21-24,26,29H,14-17,19-20H2,1-6H3,(H,36,41)(H,37,40);2H2,1H3/b13-12+;/t23?,24?,26?,29?,34-;/m0./s1. The summed E-state index contributed by atoms with van der Waals surface area (Å²) < 4.78 is 18.2. The van der Waals surface area contributed by atoms with Crippen molar-refractivity contribution in [2.75, 3.05) is 20.3 Å². The molecule has 1 heterocycles. The van der Waals surface area contributed by atoms with Gasteiger partial charge in [0.25, 0.3) is 18.3 Å². The molecule has 4 N–H and O–H groups in total. The molecule has 258 valence electrons. The molecule has 1 aromatic heterocycles. The predicted octanol–water partition coefficient (Wildman–Crippen LogP) is 4.20. The van der Waals surface area contributed by atoms with Crippen LogP contribution in [0, 0.1) is 23.7 Å².